The van der Waals surface area contributed by atoms with Crippen molar-refractivity contribution in [3.8, 4) is 0 Å². The molecule has 0 aromatic heterocycles. The van der Waals surface area contributed by atoms with Gasteiger partial charge in [0.25, 0.3) is 5.91 Å². The van der Waals surface area contributed by atoms with E-state index in [-0.39, 0.29) is 11.9 Å². The molecule has 1 N–H and O–H groups in total. The molecule has 25 heavy (non-hydrogen) atoms. The van der Waals surface area contributed by atoms with Crippen molar-refractivity contribution >= 4 is 17.6 Å². The molecule has 1 fully saturated rings. The number of unbranched alkanes of at least 4 members (excludes halogenated alkanes) is 2. The lowest BCUT2D eigenvalue weighted by Crippen LogP contribution is -2.36. The molecule has 0 saturated carbocycles. The molecule has 1 aromatic rings. The number of likely N-dealkylation sites (tertiary alicyclic amines) is 1. The van der Waals surface area contributed by atoms with Gasteiger partial charge in [-0.05, 0) is 49.9 Å². The van der Waals surface area contributed by atoms with Crippen molar-refractivity contribution in [3.05, 3.63) is 29.8 Å². The van der Waals surface area contributed by atoms with Gasteiger partial charge in [-0.2, -0.15) is 0 Å². The second-order valence-electron chi connectivity index (χ2n) is 6.70. The zero-order valence-electron chi connectivity index (χ0n) is 15.6. The van der Waals surface area contributed by atoms with Crippen LogP contribution in [0.4, 0.5) is 10.5 Å². The van der Waals surface area contributed by atoms with Crippen LogP contribution in [0, 0.1) is 0 Å². The Morgan fingerprint density at radius 2 is 1.56 bits per heavy atom. The zero-order valence-corrected chi connectivity index (χ0v) is 15.6. The highest BCUT2D eigenvalue weighted by Gasteiger charge is 2.19. The van der Waals surface area contributed by atoms with Crippen molar-refractivity contribution in [3.63, 3.8) is 0 Å². The standard InChI is InChI=1S/C20H31N3O2/c1-3-5-13-23(14-6-4-2)20(25)21-18-11-9-17(10-12-18)19(24)22-15-7-8-16-22/h9-12H,3-8,13-16H2,1-2H3,(H,21,25). The molecular formula is C20H31N3O2. The van der Waals surface area contributed by atoms with Crippen LogP contribution in [-0.4, -0.2) is 47.9 Å². The van der Waals surface area contributed by atoms with Gasteiger partial charge in [0.1, 0.15) is 0 Å². The molecule has 5 nitrogen and oxygen atoms in total. The highest BCUT2D eigenvalue weighted by molar-refractivity contribution is 5.95. The van der Waals surface area contributed by atoms with Crippen LogP contribution in [0.15, 0.2) is 24.3 Å². The second-order valence-corrected chi connectivity index (χ2v) is 6.70. The number of benzene rings is 1. The van der Waals surface area contributed by atoms with Gasteiger partial charge in [0, 0.05) is 37.4 Å². The number of urea groups is 1. The summed E-state index contributed by atoms with van der Waals surface area (Å²) < 4.78 is 0. The molecule has 5 heteroatoms. The third kappa shape index (κ3) is 5.76. The van der Waals surface area contributed by atoms with Crippen LogP contribution in [0.2, 0.25) is 0 Å². The van der Waals surface area contributed by atoms with E-state index in [1.165, 1.54) is 0 Å². The largest absolute Gasteiger partial charge is 0.339 e. The van der Waals surface area contributed by atoms with Crippen molar-refractivity contribution in [2.45, 2.75) is 52.4 Å². The van der Waals surface area contributed by atoms with Crippen LogP contribution in [-0.2, 0) is 0 Å². The fourth-order valence-electron chi connectivity index (χ4n) is 3.01. The van der Waals surface area contributed by atoms with Crippen molar-refractivity contribution < 1.29 is 9.59 Å². The molecular weight excluding hydrogens is 314 g/mol. The minimum absolute atomic E-state index is 0.0551. The fourth-order valence-corrected chi connectivity index (χ4v) is 3.01. The van der Waals surface area contributed by atoms with Gasteiger partial charge < -0.3 is 15.1 Å². The molecule has 1 aromatic carbocycles. The van der Waals surface area contributed by atoms with Gasteiger partial charge in [-0.15, -0.1) is 0 Å². The summed E-state index contributed by atoms with van der Waals surface area (Å²) in [6.07, 6.45) is 6.35. The molecule has 2 rings (SSSR count). The molecule has 0 aliphatic carbocycles. The number of carbonyl (C=O) groups is 2. The number of nitrogens with one attached hydrogen (secondary N) is 1. The SMILES string of the molecule is CCCCN(CCCC)C(=O)Nc1ccc(C(=O)N2CCCC2)cc1. The molecule has 0 spiro atoms. The number of anilines is 1. The number of hydrogen-bond acceptors (Lipinski definition) is 2. The molecule has 3 amide bonds. The van der Waals surface area contributed by atoms with E-state index >= 15 is 0 Å². The average Bonchev–Trinajstić information content (AvgIpc) is 3.16. The summed E-state index contributed by atoms with van der Waals surface area (Å²) in [5.41, 5.74) is 1.43. The molecule has 138 valence electrons. The summed E-state index contributed by atoms with van der Waals surface area (Å²) in [6.45, 7) is 7.53. The Morgan fingerprint density at radius 1 is 1.00 bits per heavy atom. The first-order chi connectivity index (χ1) is 12.2. The van der Waals surface area contributed by atoms with Gasteiger partial charge in [-0.1, -0.05) is 26.7 Å². The second kappa shape index (κ2) is 10.1. The van der Waals surface area contributed by atoms with E-state index in [0.29, 0.717) is 5.56 Å². The first kappa shape index (κ1) is 19.3. The van der Waals surface area contributed by atoms with Crippen LogP contribution < -0.4 is 5.32 Å². The van der Waals surface area contributed by atoms with Crippen LogP contribution >= 0.6 is 0 Å². The van der Waals surface area contributed by atoms with E-state index < -0.39 is 0 Å². The monoisotopic (exact) mass is 345 g/mol. The van der Waals surface area contributed by atoms with Crippen molar-refractivity contribution in [1.82, 2.24) is 9.80 Å². The predicted octanol–water partition coefficient (Wildman–Crippen LogP) is 4.36. The summed E-state index contributed by atoms with van der Waals surface area (Å²) in [4.78, 5) is 28.6. The van der Waals surface area contributed by atoms with Crippen LogP contribution in [0.25, 0.3) is 0 Å². The van der Waals surface area contributed by atoms with Crippen LogP contribution in [0.5, 0.6) is 0 Å². The first-order valence-corrected chi connectivity index (χ1v) is 9.61. The van der Waals surface area contributed by atoms with Crippen LogP contribution in [0.1, 0.15) is 62.7 Å². The Morgan fingerprint density at radius 3 is 2.08 bits per heavy atom. The molecule has 0 bridgehead atoms. The van der Waals surface area contributed by atoms with Crippen molar-refractivity contribution in [2.75, 3.05) is 31.5 Å². The average molecular weight is 345 g/mol. The highest BCUT2D eigenvalue weighted by atomic mass is 16.2. The molecule has 1 saturated heterocycles. The third-order valence-electron chi connectivity index (χ3n) is 4.63. The quantitative estimate of drug-likeness (QED) is 0.761. The highest BCUT2D eigenvalue weighted by Crippen LogP contribution is 2.16. The number of nitrogens with zero attached hydrogens (tertiary/aromatic N) is 2. The van der Waals surface area contributed by atoms with Crippen molar-refractivity contribution in [1.29, 1.82) is 0 Å². The molecule has 1 aliphatic rings. The van der Waals surface area contributed by atoms with Gasteiger partial charge in [0.05, 0.1) is 0 Å². The maximum atomic E-state index is 12.5. The molecule has 1 heterocycles. The smallest absolute Gasteiger partial charge is 0.321 e. The molecule has 0 unspecified atom stereocenters. The predicted molar refractivity (Wildman–Crippen MR) is 102 cm³/mol. The Hall–Kier alpha value is -2.04. The maximum absolute atomic E-state index is 12.5. The minimum atomic E-state index is -0.0551. The lowest BCUT2D eigenvalue weighted by molar-refractivity contribution is 0.0793. The lowest BCUT2D eigenvalue weighted by atomic mass is 10.2. The Balaban J connectivity index is 1.93. The Kier molecular flexibility index (Phi) is 7.76. The van der Waals surface area contributed by atoms with E-state index in [9.17, 15) is 9.59 Å². The minimum Gasteiger partial charge on any atom is -0.339 e. The summed E-state index contributed by atoms with van der Waals surface area (Å²) in [5.74, 6) is 0.0860. The topological polar surface area (TPSA) is 52.7 Å². The normalized spacial score (nSPS) is 13.8. The van der Waals surface area contributed by atoms with Gasteiger partial charge in [-0.25, -0.2) is 4.79 Å². The van der Waals surface area contributed by atoms with E-state index in [1.54, 1.807) is 12.1 Å². The Bertz CT molecular complexity index is 543. The summed E-state index contributed by atoms with van der Waals surface area (Å²) >= 11 is 0. The first-order valence-electron chi connectivity index (χ1n) is 9.61. The van der Waals surface area contributed by atoms with Gasteiger partial charge >= 0.3 is 6.03 Å². The maximum Gasteiger partial charge on any atom is 0.321 e. The third-order valence-corrected chi connectivity index (χ3v) is 4.63. The van der Waals surface area contributed by atoms with E-state index in [1.807, 2.05) is 21.9 Å². The summed E-state index contributed by atoms with van der Waals surface area (Å²) in [6, 6.07) is 7.19. The number of rotatable bonds is 8. The summed E-state index contributed by atoms with van der Waals surface area (Å²) in [7, 11) is 0. The van der Waals surface area contributed by atoms with E-state index in [4.69, 9.17) is 0 Å². The molecule has 0 atom stereocenters. The zero-order chi connectivity index (χ0) is 18.1. The van der Waals surface area contributed by atoms with Gasteiger partial charge in [-0.3, -0.25) is 4.79 Å². The van der Waals surface area contributed by atoms with Crippen LogP contribution in [0.3, 0.4) is 0 Å². The number of carbonyl (C=O) groups excluding carboxylic acids is 2. The number of hydrogen-bond donors (Lipinski definition) is 1. The number of amides is 3. The van der Waals surface area contributed by atoms with Gasteiger partial charge in [0.15, 0.2) is 0 Å². The molecule has 1 aliphatic heterocycles. The fraction of sp³-hybridized carbons (Fsp3) is 0.600. The summed E-state index contributed by atoms with van der Waals surface area (Å²) in [5, 5.41) is 2.96. The van der Waals surface area contributed by atoms with E-state index in [0.717, 1.165) is 70.4 Å². The van der Waals surface area contributed by atoms with Gasteiger partial charge in [0.2, 0.25) is 0 Å². The molecule has 0 radical (unpaired) electrons. The Labute approximate surface area is 151 Å². The van der Waals surface area contributed by atoms with E-state index in [2.05, 4.69) is 19.2 Å². The van der Waals surface area contributed by atoms with Crippen molar-refractivity contribution in [2.24, 2.45) is 0 Å². The lowest BCUT2D eigenvalue weighted by Gasteiger charge is -2.23.